The zero-order valence-corrected chi connectivity index (χ0v) is 9.22. The quantitative estimate of drug-likeness (QED) is 0.486. The molecule has 80 valence electrons. The van der Waals surface area contributed by atoms with Gasteiger partial charge in [-0.2, -0.15) is 0 Å². The van der Waals surface area contributed by atoms with E-state index in [-0.39, 0.29) is 24.2 Å². The molecule has 0 aromatic rings. The van der Waals surface area contributed by atoms with Gasteiger partial charge in [-0.1, -0.05) is 0 Å². The third-order valence-corrected chi connectivity index (χ3v) is 2.46. The molecule has 0 aromatic carbocycles. The highest BCUT2D eigenvalue weighted by molar-refractivity contribution is 7.09. The van der Waals surface area contributed by atoms with Crippen LogP contribution in [0.2, 0.25) is 0 Å². The van der Waals surface area contributed by atoms with E-state index in [1.807, 2.05) is 0 Å². The summed E-state index contributed by atoms with van der Waals surface area (Å²) in [6.07, 6.45) is 0.254. The van der Waals surface area contributed by atoms with Crippen LogP contribution >= 0.6 is 9.47 Å². The monoisotopic (exact) mass is 219 g/mol. The van der Waals surface area contributed by atoms with Crippen LogP contribution in [-0.2, 0) is 18.8 Å². The van der Waals surface area contributed by atoms with Gasteiger partial charge < -0.3 is 14.2 Å². The second-order valence-electron chi connectivity index (χ2n) is 3.13. The molecule has 14 heavy (non-hydrogen) atoms. The van der Waals surface area contributed by atoms with E-state index in [1.54, 1.807) is 4.90 Å². The lowest BCUT2D eigenvalue weighted by Gasteiger charge is -2.14. The van der Waals surface area contributed by atoms with Crippen LogP contribution in [0.15, 0.2) is 0 Å². The van der Waals surface area contributed by atoms with Gasteiger partial charge >= 0.3 is 5.97 Å². The lowest BCUT2D eigenvalue weighted by Crippen LogP contribution is -2.29. The van der Waals surface area contributed by atoms with Gasteiger partial charge in [0.2, 0.25) is 5.91 Å². The molecule has 6 heteroatoms. The Morgan fingerprint density at radius 1 is 1.71 bits per heavy atom. The Balaban J connectivity index is 2.43. The SMILES string of the molecule is COC(=O)C1CC(=O)N(CCOP)C1. The van der Waals surface area contributed by atoms with Gasteiger partial charge in [0.05, 0.1) is 19.6 Å². The minimum atomic E-state index is -0.312. The molecule has 0 aliphatic carbocycles. The number of carbonyl (C=O) groups excluding carboxylic acids is 2. The molecule has 0 spiro atoms. The number of ether oxygens (including phenoxy) is 1. The van der Waals surface area contributed by atoms with Crippen molar-refractivity contribution in [1.29, 1.82) is 0 Å². The summed E-state index contributed by atoms with van der Waals surface area (Å²) in [6.45, 7) is 1.43. The lowest BCUT2D eigenvalue weighted by atomic mass is 10.1. The van der Waals surface area contributed by atoms with Gasteiger partial charge in [-0.25, -0.2) is 0 Å². The number of hydrogen-bond acceptors (Lipinski definition) is 4. The fraction of sp³-hybridized carbons (Fsp3) is 0.750. The Labute approximate surface area is 85.0 Å². The Morgan fingerprint density at radius 3 is 3.00 bits per heavy atom. The molecular formula is C8H14NO4P. The number of carbonyl (C=O) groups is 2. The van der Waals surface area contributed by atoms with E-state index in [4.69, 9.17) is 4.52 Å². The second-order valence-corrected chi connectivity index (χ2v) is 3.47. The van der Waals surface area contributed by atoms with Crippen LogP contribution in [0.3, 0.4) is 0 Å². The van der Waals surface area contributed by atoms with Crippen molar-refractivity contribution in [1.82, 2.24) is 4.90 Å². The van der Waals surface area contributed by atoms with Crippen molar-refractivity contribution in [2.45, 2.75) is 6.42 Å². The maximum absolute atomic E-state index is 11.4. The number of rotatable bonds is 4. The Hall–Kier alpha value is -0.670. The first kappa shape index (κ1) is 11.4. The molecule has 0 bridgehead atoms. The summed E-state index contributed by atoms with van der Waals surface area (Å²) in [5.41, 5.74) is 0. The molecule has 5 nitrogen and oxygen atoms in total. The number of hydrogen-bond donors (Lipinski definition) is 0. The molecule has 2 atom stereocenters. The zero-order valence-electron chi connectivity index (χ0n) is 8.06. The average molecular weight is 219 g/mol. The third kappa shape index (κ3) is 2.66. The van der Waals surface area contributed by atoms with Crippen LogP contribution in [0, 0.1) is 5.92 Å². The summed E-state index contributed by atoms with van der Waals surface area (Å²) < 4.78 is 9.36. The lowest BCUT2D eigenvalue weighted by molar-refractivity contribution is -0.145. The summed E-state index contributed by atoms with van der Waals surface area (Å²) >= 11 is 0. The van der Waals surface area contributed by atoms with Gasteiger partial charge in [0, 0.05) is 29.0 Å². The zero-order chi connectivity index (χ0) is 10.6. The average Bonchev–Trinajstić information content (AvgIpc) is 2.56. The molecule has 1 heterocycles. The fourth-order valence-electron chi connectivity index (χ4n) is 1.48. The van der Waals surface area contributed by atoms with Crippen molar-refractivity contribution in [3.8, 4) is 0 Å². The summed E-state index contributed by atoms with van der Waals surface area (Å²) in [5.74, 6) is -0.632. The largest absolute Gasteiger partial charge is 0.469 e. The first-order valence-corrected chi connectivity index (χ1v) is 4.83. The highest BCUT2D eigenvalue weighted by Crippen LogP contribution is 2.18. The predicted octanol–water partition coefficient (Wildman–Crippen LogP) is -0.185. The van der Waals surface area contributed by atoms with Gasteiger partial charge in [-0.05, 0) is 0 Å². The number of nitrogens with zero attached hydrogens (tertiary/aromatic N) is 1. The summed E-state index contributed by atoms with van der Waals surface area (Å²) in [4.78, 5) is 24.1. The minimum Gasteiger partial charge on any atom is -0.469 e. The Morgan fingerprint density at radius 2 is 2.43 bits per heavy atom. The van der Waals surface area contributed by atoms with E-state index in [9.17, 15) is 9.59 Å². The van der Waals surface area contributed by atoms with E-state index in [0.29, 0.717) is 19.7 Å². The minimum absolute atomic E-state index is 0.0116. The van der Waals surface area contributed by atoms with E-state index in [2.05, 4.69) is 14.2 Å². The van der Waals surface area contributed by atoms with Crippen LogP contribution in [0.4, 0.5) is 0 Å². The molecule has 1 aliphatic heterocycles. The van der Waals surface area contributed by atoms with Crippen molar-refractivity contribution in [3.63, 3.8) is 0 Å². The first-order valence-electron chi connectivity index (χ1n) is 4.36. The van der Waals surface area contributed by atoms with E-state index < -0.39 is 0 Å². The molecule has 1 rings (SSSR count). The summed E-state index contributed by atoms with van der Waals surface area (Å²) in [5, 5.41) is 0. The van der Waals surface area contributed by atoms with Crippen molar-refractivity contribution >= 4 is 21.3 Å². The van der Waals surface area contributed by atoms with Crippen LogP contribution in [0.25, 0.3) is 0 Å². The van der Waals surface area contributed by atoms with E-state index in [1.165, 1.54) is 7.11 Å². The number of esters is 1. The molecule has 0 radical (unpaired) electrons. The Kier molecular flexibility index (Phi) is 4.29. The maximum Gasteiger partial charge on any atom is 0.310 e. The normalized spacial score (nSPS) is 21.4. The van der Waals surface area contributed by atoms with Gasteiger partial charge in [0.15, 0.2) is 0 Å². The van der Waals surface area contributed by atoms with Crippen molar-refractivity contribution in [2.75, 3.05) is 26.8 Å². The van der Waals surface area contributed by atoms with Crippen LogP contribution < -0.4 is 0 Å². The molecule has 1 aliphatic rings. The van der Waals surface area contributed by atoms with Crippen LogP contribution in [-0.4, -0.2) is 43.6 Å². The molecule has 1 fully saturated rings. The molecular weight excluding hydrogens is 205 g/mol. The van der Waals surface area contributed by atoms with Crippen LogP contribution in [0.5, 0.6) is 0 Å². The smallest absolute Gasteiger partial charge is 0.310 e. The Bertz CT molecular complexity index is 233. The standard InChI is InChI=1S/C8H14NO4P/c1-12-8(11)6-4-7(10)9(5-6)2-3-13-14/h6H,2-5,14H2,1H3. The predicted molar refractivity (Wildman–Crippen MR) is 52.4 cm³/mol. The number of amides is 1. The van der Waals surface area contributed by atoms with Crippen molar-refractivity contribution in [3.05, 3.63) is 0 Å². The number of likely N-dealkylation sites (tertiary alicyclic amines) is 1. The van der Waals surface area contributed by atoms with Gasteiger partial charge in [-0.15, -0.1) is 0 Å². The molecule has 1 amide bonds. The second kappa shape index (κ2) is 5.27. The maximum atomic E-state index is 11.4. The van der Waals surface area contributed by atoms with E-state index in [0.717, 1.165) is 0 Å². The van der Waals surface area contributed by atoms with Gasteiger partial charge in [0.25, 0.3) is 0 Å². The highest BCUT2D eigenvalue weighted by atomic mass is 31.0. The fourth-order valence-corrected chi connectivity index (χ4v) is 1.58. The topological polar surface area (TPSA) is 55.8 Å². The van der Waals surface area contributed by atoms with Crippen molar-refractivity contribution in [2.24, 2.45) is 5.92 Å². The third-order valence-electron chi connectivity index (χ3n) is 2.23. The van der Waals surface area contributed by atoms with Gasteiger partial charge in [-0.3, -0.25) is 9.59 Å². The summed E-state index contributed by atoms with van der Waals surface area (Å²) in [7, 11) is 3.46. The summed E-state index contributed by atoms with van der Waals surface area (Å²) in [6, 6.07) is 0. The molecule has 0 saturated carbocycles. The van der Waals surface area contributed by atoms with E-state index >= 15 is 0 Å². The van der Waals surface area contributed by atoms with Crippen LogP contribution in [0.1, 0.15) is 6.42 Å². The molecule has 0 N–H and O–H groups in total. The van der Waals surface area contributed by atoms with Crippen molar-refractivity contribution < 1.29 is 18.8 Å². The number of methoxy groups -OCH3 is 1. The molecule has 2 unspecified atom stereocenters. The van der Waals surface area contributed by atoms with Gasteiger partial charge in [0.1, 0.15) is 0 Å². The first-order chi connectivity index (χ1) is 6.69. The molecule has 0 aromatic heterocycles. The highest BCUT2D eigenvalue weighted by Gasteiger charge is 2.34. The molecule has 1 saturated heterocycles.